The molecule has 0 aromatic heterocycles. The molecule has 3 aliphatic rings. The fourth-order valence-corrected chi connectivity index (χ4v) is 6.21. The van der Waals surface area contributed by atoms with Crippen LogP contribution in [0.5, 0.6) is 0 Å². The molecule has 4 rings (SSSR count). The van der Waals surface area contributed by atoms with Crippen LogP contribution in [0.2, 0.25) is 17.5 Å². The quantitative estimate of drug-likeness (QED) is 0.557. The van der Waals surface area contributed by atoms with Gasteiger partial charge < -0.3 is 0 Å². The molecule has 2 saturated heterocycles. The van der Waals surface area contributed by atoms with E-state index >= 15 is 0 Å². The van der Waals surface area contributed by atoms with Gasteiger partial charge in [-0.05, 0) is 28.8 Å². The van der Waals surface area contributed by atoms with Gasteiger partial charge in [0.05, 0.1) is 0 Å². The second-order valence-electron chi connectivity index (χ2n) is 7.74. The zero-order valence-corrected chi connectivity index (χ0v) is 13.0. The van der Waals surface area contributed by atoms with Gasteiger partial charge in [-0.3, -0.25) is 0 Å². The highest BCUT2D eigenvalue weighted by atomic mass is 14.4. The molecule has 1 aromatic carbocycles. The summed E-state index contributed by atoms with van der Waals surface area (Å²) in [7, 11) is 0. The van der Waals surface area contributed by atoms with Crippen molar-refractivity contribution in [2.75, 3.05) is 0 Å². The summed E-state index contributed by atoms with van der Waals surface area (Å²) in [5.41, 5.74) is 3.32. The smallest absolute Gasteiger partial charge is 0.0620 e. The van der Waals surface area contributed by atoms with Crippen molar-refractivity contribution in [1.82, 2.24) is 0 Å². The molecule has 0 nitrogen and oxygen atoms in total. The van der Waals surface area contributed by atoms with Crippen molar-refractivity contribution < 1.29 is 0 Å². The van der Waals surface area contributed by atoms with Crippen molar-refractivity contribution >= 4 is 6.71 Å². The minimum absolute atomic E-state index is 0.785. The molecule has 2 unspecified atom stereocenters. The zero-order chi connectivity index (χ0) is 13.7. The van der Waals surface area contributed by atoms with Crippen LogP contribution < -0.4 is 0 Å². The van der Waals surface area contributed by atoms with Crippen LogP contribution in [0, 0.1) is 0 Å². The van der Waals surface area contributed by atoms with Crippen LogP contribution in [-0.2, 0) is 0 Å². The highest BCUT2D eigenvalue weighted by molar-refractivity contribution is 6.64. The lowest BCUT2D eigenvalue weighted by Gasteiger charge is -2.46. The molecular formula is C19H27B. The minimum Gasteiger partial charge on any atom is -0.0620 e. The van der Waals surface area contributed by atoms with E-state index in [2.05, 4.69) is 38.1 Å². The van der Waals surface area contributed by atoms with E-state index in [1.807, 2.05) is 0 Å². The predicted molar refractivity (Wildman–Crippen MR) is 88.0 cm³/mol. The summed E-state index contributed by atoms with van der Waals surface area (Å²) in [5.74, 6) is 4.58. The maximum atomic E-state index is 2.51. The summed E-state index contributed by atoms with van der Waals surface area (Å²) in [6, 6.07) is 9.28. The number of hydrogen-bond donors (Lipinski definition) is 0. The Hall–Kier alpha value is -0.715. The van der Waals surface area contributed by atoms with Gasteiger partial charge in [0.2, 0.25) is 0 Å². The molecular weight excluding hydrogens is 239 g/mol. The van der Waals surface area contributed by atoms with Crippen molar-refractivity contribution in [2.24, 2.45) is 0 Å². The normalized spacial score (nSPS) is 39.7. The van der Waals surface area contributed by atoms with E-state index < -0.39 is 0 Å². The van der Waals surface area contributed by atoms with Gasteiger partial charge in [0, 0.05) is 0 Å². The first-order valence-corrected chi connectivity index (χ1v) is 8.86. The van der Waals surface area contributed by atoms with Gasteiger partial charge in [-0.2, -0.15) is 0 Å². The van der Waals surface area contributed by atoms with E-state index in [-0.39, 0.29) is 0 Å². The Labute approximate surface area is 124 Å². The molecule has 2 bridgehead atoms. The maximum Gasteiger partial charge on any atom is 0.150 e. The monoisotopic (exact) mass is 266 g/mol. The Morgan fingerprint density at radius 1 is 0.800 bits per heavy atom. The molecule has 2 fully saturated rings. The Bertz CT molecular complexity index is 443. The zero-order valence-electron chi connectivity index (χ0n) is 13.0. The van der Waals surface area contributed by atoms with Crippen LogP contribution in [0.25, 0.3) is 0 Å². The van der Waals surface area contributed by atoms with Crippen molar-refractivity contribution in [1.29, 1.82) is 0 Å². The number of benzene rings is 1. The summed E-state index contributed by atoms with van der Waals surface area (Å²) in [5, 5.41) is 0. The Morgan fingerprint density at radius 2 is 1.25 bits per heavy atom. The predicted octanol–water partition coefficient (Wildman–Crippen LogP) is 5.88. The summed E-state index contributed by atoms with van der Waals surface area (Å²) in [6.45, 7) is 6.05. The first-order valence-electron chi connectivity index (χ1n) is 8.86. The van der Waals surface area contributed by atoms with Gasteiger partial charge >= 0.3 is 0 Å². The van der Waals surface area contributed by atoms with Crippen molar-refractivity contribution in [3.63, 3.8) is 0 Å². The summed E-state index contributed by atoms with van der Waals surface area (Å²) in [4.78, 5) is 0. The molecule has 0 N–H and O–H groups in total. The van der Waals surface area contributed by atoms with Crippen molar-refractivity contribution in [3.8, 4) is 0 Å². The van der Waals surface area contributed by atoms with E-state index in [4.69, 9.17) is 0 Å². The lowest BCUT2D eigenvalue weighted by Crippen LogP contribution is -2.40. The third-order valence-electron chi connectivity index (χ3n) is 6.96. The van der Waals surface area contributed by atoms with Gasteiger partial charge in [0.15, 0.2) is 6.71 Å². The number of fused-ring (bicyclic) bond motifs is 3. The van der Waals surface area contributed by atoms with Gasteiger partial charge in [0.25, 0.3) is 0 Å². The van der Waals surface area contributed by atoms with E-state index in [1.54, 1.807) is 11.1 Å². The number of rotatable bonds is 1. The summed E-state index contributed by atoms with van der Waals surface area (Å²) >= 11 is 0. The summed E-state index contributed by atoms with van der Waals surface area (Å²) < 4.78 is 0. The average molecular weight is 266 g/mol. The van der Waals surface area contributed by atoms with Crippen LogP contribution in [0.3, 0.4) is 0 Å². The molecule has 1 aliphatic carbocycles. The first kappa shape index (κ1) is 13.0. The Morgan fingerprint density at radius 3 is 1.70 bits per heavy atom. The SMILES string of the molecule is CC1c2ccccc2C(C)C1B1C2CCCC1CCC2. The Kier molecular flexibility index (Phi) is 3.20. The Balaban J connectivity index is 1.69. The van der Waals surface area contributed by atoms with Crippen LogP contribution in [0.15, 0.2) is 24.3 Å². The molecule has 2 aliphatic heterocycles. The second-order valence-corrected chi connectivity index (χ2v) is 7.74. The molecule has 0 radical (unpaired) electrons. The largest absolute Gasteiger partial charge is 0.150 e. The van der Waals surface area contributed by atoms with Crippen LogP contribution >= 0.6 is 0 Å². The molecule has 1 aromatic rings. The highest BCUT2D eigenvalue weighted by Gasteiger charge is 2.50. The van der Waals surface area contributed by atoms with Crippen LogP contribution in [0.4, 0.5) is 0 Å². The third kappa shape index (κ3) is 1.81. The number of hydrogen-bond acceptors (Lipinski definition) is 0. The maximum absolute atomic E-state index is 2.51. The topological polar surface area (TPSA) is 0 Å². The molecule has 0 amide bonds. The van der Waals surface area contributed by atoms with E-state index in [0.29, 0.717) is 0 Å². The molecule has 0 saturated carbocycles. The first-order chi connectivity index (χ1) is 9.77. The fraction of sp³-hybridized carbons (Fsp3) is 0.684. The lowest BCUT2D eigenvalue weighted by molar-refractivity contribution is 0.424. The van der Waals surface area contributed by atoms with Gasteiger partial charge in [-0.1, -0.05) is 88.3 Å². The summed E-state index contributed by atoms with van der Waals surface area (Å²) in [6.07, 6.45) is 9.10. The molecule has 1 heteroatoms. The second kappa shape index (κ2) is 4.93. The van der Waals surface area contributed by atoms with Crippen molar-refractivity contribution in [3.05, 3.63) is 35.4 Å². The van der Waals surface area contributed by atoms with Gasteiger partial charge in [-0.15, -0.1) is 0 Å². The van der Waals surface area contributed by atoms with Gasteiger partial charge in [0.1, 0.15) is 0 Å². The van der Waals surface area contributed by atoms with E-state index in [0.717, 1.165) is 36.0 Å². The molecule has 20 heavy (non-hydrogen) atoms. The van der Waals surface area contributed by atoms with E-state index in [1.165, 1.54) is 38.5 Å². The third-order valence-corrected chi connectivity index (χ3v) is 6.96. The average Bonchev–Trinajstić information content (AvgIpc) is 2.71. The van der Waals surface area contributed by atoms with E-state index in [9.17, 15) is 0 Å². The standard InChI is InChI=1S/C19H27B/c1-13-17-11-3-4-12-18(17)14(2)19(13)20-15-7-5-8-16(20)10-6-9-15/h3-4,11-16,19H,5-10H2,1-2H3. The van der Waals surface area contributed by atoms with Crippen LogP contribution in [-0.4, -0.2) is 6.71 Å². The minimum atomic E-state index is 0.785. The fourth-order valence-electron chi connectivity index (χ4n) is 6.21. The van der Waals surface area contributed by atoms with Crippen LogP contribution in [0.1, 0.15) is 75.3 Å². The molecule has 106 valence electrons. The van der Waals surface area contributed by atoms with Gasteiger partial charge in [-0.25, -0.2) is 0 Å². The molecule has 0 spiro atoms. The molecule has 2 atom stereocenters. The molecule has 2 heterocycles. The highest BCUT2D eigenvalue weighted by Crippen LogP contribution is 2.60. The van der Waals surface area contributed by atoms with Crippen molar-refractivity contribution in [2.45, 2.75) is 81.7 Å². The lowest BCUT2D eigenvalue weighted by atomic mass is 9.20.